The highest BCUT2D eigenvalue weighted by molar-refractivity contribution is 6.32. The van der Waals surface area contributed by atoms with Gasteiger partial charge < -0.3 is 14.4 Å². The molecule has 5 rings (SSSR count). The number of rotatable bonds is 9. The third-order valence-corrected chi connectivity index (χ3v) is 8.08. The molecule has 3 aromatic carbocycles. The predicted octanol–water partition coefficient (Wildman–Crippen LogP) is 8.12. The first kappa shape index (κ1) is 30.6. The second-order valence-electron chi connectivity index (χ2n) is 10.8. The summed E-state index contributed by atoms with van der Waals surface area (Å²) >= 11 is 12.8. The van der Waals surface area contributed by atoms with Crippen LogP contribution in [0.25, 0.3) is 6.08 Å². The zero-order valence-electron chi connectivity index (χ0n) is 24.6. The van der Waals surface area contributed by atoms with E-state index in [-0.39, 0.29) is 5.91 Å². The van der Waals surface area contributed by atoms with E-state index in [4.69, 9.17) is 32.7 Å². The van der Waals surface area contributed by atoms with Crippen molar-refractivity contribution in [2.45, 2.75) is 33.9 Å². The van der Waals surface area contributed by atoms with E-state index in [0.717, 1.165) is 36.3 Å². The van der Waals surface area contributed by atoms with E-state index in [0.29, 0.717) is 52.7 Å². The van der Waals surface area contributed by atoms with Gasteiger partial charge in [0.15, 0.2) is 5.75 Å². The number of halogens is 2. The Bertz CT molecular complexity index is 1570. The number of hydrogen-bond donors (Lipinski definition) is 0. The maximum absolute atomic E-state index is 13.2. The van der Waals surface area contributed by atoms with E-state index in [2.05, 4.69) is 41.1 Å². The molecular formula is C35H35Cl2N3O3. The fourth-order valence-corrected chi connectivity index (χ4v) is 5.49. The summed E-state index contributed by atoms with van der Waals surface area (Å²) in [7, 11) is 0. The van der Waals surface area contributed by atoms with Crippen LogP contribution in [0.5, 0.6) is 17.4 Å². The van der Waals surface area contributed by atoms with Crippen LogP contribution >= 0.6 is 23.2 Å². The first-order valence-electron chi connectivity index (χ1n) is 14.3. The minimum absolute atomic E-state index is 0.0464. The fraction of sp³-hybridized carbons (Fsp3) is 0.257. The van der Waals surface area contributed by atoms with Crippen molar-refractivity contribution in [1.29, 1.82) is 0 Å². The zero-order chi connectivity index (χ0) is 30.3. The first-order valence-corrected chi connectivity index (χ1v) is 15.1. The van der Waals surface area contributed by atoms with Crippen LogP contribution < -0.4 is 9.47 Å². The van der Waals surface area contributed by atoms with Crippen molar-refractivity contribution in [1.82, 2.24) is 14.8 Å². The maximum Gasteiger partial charge on any atom is 0.249 e. The largest absolute Gasteiger partial charge is 0.487 e. The van der Waals surface area contributed by atoms with E-state index in [1.165, 1.54) is 11.1 Å². The highest BCUT2D eigenvalue weighted by Gasteiger charge is 2.22. The van der Waals surface area contributed by atoms with E-state index in [9.17, 15) is 4.79 Å². The van der Waals surface area contributed by atoms with Gasteiger partial charge in [0.2, 0.25) is 11.8 Å². The molecule has 2 heterocycles. The monoisotopic (exact) mass is 615 g/mol. The van der Waals surface area contributed by atoms with Gasteiger partial charge in [-0.2, -0.15) is 0 Å². The Kier molecular flexibility index (Phi) is 10.0. The molecular weight excluding hydrogens is 581 g/mol. The van der Waals surface area contributed by atoms with Crippen LogP contribution in [0, 0.1) is 13.8 Å². The minimum Gasteiger partial charge on any atom is -0.487 e. The quantitative estimate of drug-likeness (QED) is 0.178. The summed E-state index contributed by atoms with van der Waals surface area (Å²) in [4.78, 5) is 21.9. The molecule has 1 amide bonds. The van der Waals surface area contributed by atoms with Gasteiger partial charge in [-0.25, -0.2) is 4.98 Å². The van der Waals surface area contributed by atoms with Crippen molar-refractivity contribution in [3.05, 3.63) is 122 Å². The van der Waals surface area contributed by atoms with Gasteiger partial charge >= 0.3 is 0 Å². The van der Waals surface area contributed by atoms with Crippen LogP contribution in [0.3, 0.4) is 0 Å². The van der Waals surface area contributed by atoms with Gasteiger partial charge in [-0.3, -0.25) is 9.69 Å². The Morgan fingerprint density at radius 3 is 2.35 bits per heavy atom. The van der Waals surface area contributed by atoms with Gasteiger partial charge in [0.05, 0.1) is 11.2 Å². The third kappa shape index (κ3) is 8.17. The molecule has 43 heavy (non-hydrogen) atoms. The van der Waals surface area contributed by atoms with Crippen LogP contribution in [-0.4, -0.2) is 46.9 Å². The molecule has 0 bridgehead atoms. The van der Waals surface area contributed by atoms with Crippen LogP contribution in [0.1, 0.15) is 34.7 Å². The van der Waals surface area contributed by atoms with Gasteiger partial charge in [0.25, 0.3) is 0 Å². The maximum atomic E-state index is 13.2. The molecule has 222 valence electrons. The molecule has 6 nitrogen and oxygen atoms in total. The number of aromatic nitrogens is 1. The smallest absolute Gasteiger partial charge is 0.249 e. The number of hydrogen-bond acceptors (Lipinski definition) is 5. The Labute approximate surface area is 263 Å². The van der Waals surface area contributed by atoms with Crippen LogP contribution in [0.15, 0.2) is 84.6 Å². The van der Waals surface area contributed by atoms with E-state index >= 15 is 0 Å². The summed E-state index contributed by atoms with van der Waals surface area (Å²) in [5, 5.41) is 1.10. The van der Waals surface area contributed by atoms with Gasteiger partial charge in [-0.05, 0) is 67.8 Å². The predicted molar refractivity (Wildman–Crippen MR) is 173 cm³/mol. The normalized spacial score (nSPS) is 14.1. The number of aryl methyl sites for hydroxylation is 2. The number of benzene rings is 3. The molecule has 0 unspecified atom stereocenters. The van der Waals surface area contributed by atoms with Crippen LogP contribution in [-0.2, 0) is 17.9 Å². The molecule has 1 aromatic heterocycles. The topological polar surface area (TPSA) is 54.9 Å². The summed E-state index contributed by atoms with van der Waals surface area (Å²) in [6.45, 7) is 10.2. The summed E-state index contributed by atoms with van der Waals surface area (Å²) in [5.41, 5.74) is 5.81. The van der Waals surface area contributed by atoms with Crippen molar-refractivity contribution < 1.29 is 14.3 Å². The molecule has 1 saturated heterocycles. The van der Waals surface area contributed by atoms with Crippen molar-refractivity contribution in [3.63, 3.8) is 0 Å². The number of ether oxygens (including phenoxy) is 2. The second kappa shape index (κ2) is 14.1. The lowest BCUT2D eigenvalue weighted by Gasteiger charge is -2.35. The molecule has 4 aromatic rings. The third-order valence-electron chi connectivity index (χ3n) is 7.43. The molecule has 0 aliphatic carbocycles. The van der Waals surface area contributed by atoms with Crippen LogP contribution in [0.4, 0.5) is 0 Å². The number of nitrogens with zero attached hydrogens (tertiary/aromatic N) is 3. The van der Waals surface area contributed by atoms with Gasteiger partial charge in [0, 0.05) is 54.9 Å². The molecule has 8 heteroatoms. The Morgan fingerprint density at radius 2 is 1.67 bits per heavy atom. The average Bonchev–Trinajstić information content (AvgIpc) is 3.00. The van der Waals surface area contributed by atoms with Crippen molar-refractivity contribution >= 4 is 35.2 Å². The highest BCUT2D eigenvalue weighted by Crippen LogP contribution is 2.34. The molecule has 0 saturated carbocycles. The molecule has 0 atom stereocenters. The van der Waals surface area contributed by atoms with Crippen molar-refractivity contribution in [3.8, 4) is 17.4 Å². The molecule has 0 spiro atoms. The summed E-state index contributed by atoms with van der Waals surface area (Å²) < 4.78 is 11.8. The lowest BCUT2D eigenvalue weighted by molar-refractivity contribution is -0.128. The first-order chi connectivity index (χ1) is 20.7. The Balaban J connectivity index is 1.16. The Morgan fingerprint density at radius 1 is 0.930 bits per heavy atom. The molecule has 0 radical (unpaired) electrons. The van der Waals surface area contributed by atoms with Crippen LogP contribution in [0.2, 0.25) is 10.0 Å². The van der Waals surface area contributed by atoms with Gasteiger partial charge in [0.1, 0.15) is 12.4 Å². The molecule has 1 aliphatic heterocycles. The van der Waals surface area contributed by atoms with Crippen molar-refractivity contribution in [2.75, 3.05) is 26.2 Å². The fourth-order valence-electron chi connectivity index (χ4n) is 4.99. The summed E-state index contributed by atoms with van der Waals surface area (Å²) in [6.07, 6.45) is 3.48. The van der Waals surface area contributed by atoms with Gasteiger partial charge in [-0.15, -0.1) is 0 Å². The molecule has 1 fully saturated rings. The van der Waals surface area contributed by atoms with E-state index in [1.54, 1.807) is 24.4 Å². The number of carbonyl (C=O) groups excluding carboxylic acids is 1. The highest BCUT2D eigenvalue weighted by atomic mass is 35.5. The number of amides is 1. The minimum atomic E-state index is 0.0464. The zero-order valence-corrected chi connectivity index (χ0v) is 26.2. The molecule has 0 N–H and O–H groups in total. The van der Waals surface area contributed by atoms with Gasteiger partial charge in [-0.1, -0.05) is 71.2 Å². The van der Waals surface area contributed by atoms with Crippen molar-refractivity contribution in [2.24, 2.45) is 0 Å². The lowest BCUT2D eigenvalue weighted by atomic mass is 10.1. The number of pyridine rings is 1. The standard InChI is InChI=1S/C35H35Cl2N3O3/c1-24-8-10-27(11-9-24)22-39-14-16-40(17-15-39)35(41)26(3)19-28-18-25(2)34(32(37)20-28)43-33-13-12-30(21-38-33)42-23-29-6-4-5-7-31(29)36/h4-13,18-21H,14-17,22-23H2,1-3H3/b26-19+. The van der Waals surface area contributed by atoms with E-state index in [1.807, 2.05) is 55.2 Å². The Hall–Kier alpha value is -3.84. The molecule has 1 aliphatic rings. The second-order valence-corrected chi connectivity index (χ2v) is 11.7. The SMILES string of the molecule is C/C(=C\c1cc(C)c(Oc2ccc(OCc3ccccc3Cl)cn2)c(Cl)c1)C(=O)N1CCN(Cc2ccc(C)cc2)CC1. The van der Waals surface area contributed by atoms with E-state index < -0.39 is 0 Å². The lowest BCUT2D eigenvalue weighted by Crippen LogP contribution is -2.48. The number of piperazine rings is 1. The number of carbonyl (C=O) groups is 1. The average molecular weight is 617 g/mol. The summed E-state index contributed by atoms with van der Waals surface area (Å²) in [6, 6.07) is 23.5. The summed E-state index contributed by atoms with van der Waals surface area (Å²) in [5.74, 6) is 1.56.